The molecule has 0 spiro atoms. The van der Waals surface area contributed by atoms with Crippen molar-refractivity contribution in [3.8, 4) is 0 Å². The minimum Gasteiger partial charge on any atom is -0.460 e. The molecule has 2 heterocycles. The van der Waals surface area contributed by atoms with Crippen molar-refractivity contribution in [3.05, 3.63) is 92.3 Å². The van der Waals surface area contributed by atoms with Crippen LogP contribution in [0.2, 0.25) is 0 Å². The highest BCUT2D eigenvalue weighted by molar-refractivity contribution is 7.90. The first-order valence-electron chi connectivity index (χ1n) is 11.8. The lowest BCUT2D eigenvalue weighted by Crippen LogP contribution is -2.36. The molecule has 1 N–H and O–H groups in total. The topological polar surface area (TPSA) is 162 Å². The van der Waals surface area contributed by atoms with Crippen molar-refractivity contribution in [1.82, 2.24) is 9.62 Å². The zero-order valence-electron chi connectivity index (χ0n) is 21.5. The fourth-order valence-corrected chi connectivity index (χ4v) is 6.00. The Balaban J connectivity index is 1.74. The summed E-state index contributed by atoms with van der Waals surface area (Å²) in [5.74, 6) is -4.03. The number of para-hydroxylation sites is 1. The summed E-state index contributed by atoms with van der Waals surface area (Å²) in [5, 5.41) is 14.8. The molecule has 12 nitrogen and oxygen atoms in total. The van der Waals surface area contributed by atoms with Gasteiger partial charge in [0.25, 0.3) is 21.6 Å². The maximum absolute atomic E-state index is 13.5. The van der Waals surface area contributed by atoms with Crippen LogP contribution in [0, 0.1) is 10.1 Å². The number of carbonyl (C=O) groups is 3. The number of nitrogens with one attached hydrogen (secondary N) is 1. The molecule has 2 aliphatic heterocycles. The maximum Gasteiger partial charge on any atom is 0.338 e. The van der Waals surface area contributed by atoms with E-state index in [1.165, 1.54) is 55.5 Å². The van der Waals surface area contributed by atoms with Gasteiger partial charge in [-0.3, -0.25) is 14.9 Å². The Labute approximate surface area is 224 Å². The second-order valence-electron chi connectivity index (χ2n) is 9.12. The molecule has 0 bridgehead atoms. The highest BCUT2D eigenvalue weighted by Crippen LogP contribution is 2.43. The monoisotopic (exact) mass is 555 g/mol. The predicted octanol–water partition coefficient (Wildman–Crippen LogP) is 3.13. The van der Waals surface area contributed by atoms with E-state index in [1.807, 2.05) is 0 Å². The van der Waals surface area contributed by atoms with E-state index in [4.69, 9.17) is 9.47 Å². The lowest BCUT2D eigenvalue weighted by atomic mass is 9.79. The molecular weight excluding hydrogens is 530 g/mol. The number of nitrogens with zero attached hydrogens (tertiary/aromatic N) is 2. The first-order chi connectivity index (χ1) is 18.4. The van der Waals surface area contributed by atoms with Crippen LogP contribution in [0.4, 0.5) is 5.69 Å². The number of nitro groups is 1. The fraction of sp³-hybridized carbons (Fsp3) is 0.269. The van der Waals surface area contributed by atoms with Crippen molar-refractivity contribution in [3.63, 3.8) is 0 Å². The minimum absolute atomic E-state index is 0.0302. The van der Waals surface area contributed by atoms with Crippen LogP contribution in [0.1, 0.15) is 49.5 Å². The molecule has 204 valence electrons. The third-order valence-electron chi connectivity index (χ3n) is 6.21. The molecule has 4 rings (SSSR count). The van der Waals surface area contributed by atoms with Crippen LogP contribution in [0.5, 0.6) is 0 Å². The highest BCUT2D eigenvalue weighted by Gasteiger charge is 2.44. The van der Waals surface area contributed by atoms with Gasteiger partial charge in [-0.25, -0.2) is 18.0 Å². The molecule has 2 aromatic rings. The number of esters is 2. The molecule has 0 aliphatic carbocycles. The van der Waals surface area contributed by atoms with E-state index in [2.05, 4.69) is 5.32 Å². The van der Waals surface area contributed by atoms with Crippen LogP contribution in [-0.4, -0.2) is 48.3 Å². The number of dihydropyridines is 1. The van der Waals surface area contributed by atoms with Crippen molar-refractivity contribution < 1.29 is 37.2 Å². The number of hydrogen-bond acceptors (Lipinski definition) is 10. The van der Waals surface area contributed by atoms with Gasteiger partial charge in [-0.2, -0.15) is 4.31 Å². The standard InChI is InChI=1S/C26H25N3O9S/c1-14(2)38-26(32)22-16(4)27-15(3)21(23(22)17-9-5-7-11-19(17)29(33)34)25(31)37-13-28-24(30)18-10-6-8-12-20(18)39(28,35)36/h5-12,14,23,27H,13H2,1-4H3. The number of allylic oxidation sites excluding steroid dienone is 2. The molecule has 2 aliphatic rings. The van der Waals surface area contributed by atoms with Gasteiger partial charge in [0.15, 0.2) is 6.73 Å². The van der Waals surface area contributed by atoms with E-state index in [-0.39, 0.29) is 38.6 Å². The molecule has 0 saturated carbocycles. The molecule has 0 saturated heterocycles. The average molecular weight is 556 g/mol. The van der Waals surface area contributed by atoms with Gasteiger partial charge in [0.1, 0.15) is 4.90 Å². The summed E-state index contributed by atoms with van der Waals surface area (Å²) in [4.78, 5) is 50.5. The highest BCUT2D eigenvalue weighted by atomic mass is 32.2. The van der Waals surface area contributed by atoms with E-state index in [9.17, 15) is 32.9 Å². The van der Waals surface area contributed by atoms with E-state index in [0.29, 0.717) is 10.0 Å². The molecule has 0 aromatic heterocycles. The molecule has 0 radical (unpaired) electrons. The zero-order valence-corrected chi connectivity index (χ0v) is 22.3. The van der Waals surface area contributed by atoms with Crippen LogP contribution in [-0.2, 0) is 29.1 Å². The van der Waals surface area contributed by atoms with Gasteiger partial charge in [-0.15, -0.1) is 0 Å². The van der Waals surface area contributed by atoms with Crippen molar-refractivity contribution in [1.29, 1.82) is 0 Å². The molecular formula is C26H25N3O9S. The van der Waals surface area contributed by atoms with Gasteiger partial charge in [0, 0.05) is 23.0 Å². The van der Waals surface area contributed by atoms with Gasteiger partial charge in [0.2, 0.25) is 0 Å². The van der Waals surface area contributed by atoms with Crippen LogP contribution in [0.3, 0.4) is 0 Å². The summed E-state index contributed by atoms with van der Waals surface area (Å²) in [7, 11) is -4.26. The van der Waals surface area contributed by atoms with Crippen LogP contribution < -0.4 is 5.32 Å². The fourth-order valence-electron chi connectivity index (χ4n) is 4.58. The Hall–Kier alpha value is -4.52. The third kappa shape index (κ3) is 4.88. The summed E-state index contributed by atoms with van der Waals surface area (Å²) in [6, 6.07) is 11.2. The van der Waals surface area contributed by atoms with Crippen molar-refractivity contribution in [2.24, 2.45) is 0 Å². The number of benzene rings is 2. The lowest BCUT2D eigenvalue weighted by molar-refractivity contribution is -0.385. The summed E-state index contributed by atoms with van der Waals surface area (Å²) < 4.78 is 36.9. The Morgan fingerprint density at radius 2 is 1.62 bits per heavy atom. The molecule has 13 heteroatoms. The first kappa shape index (κ1) is 27.5. The van der Waals surface area contributed by atoms with Gasteiger partial charge in [0.05, 0.1) is 33.7 Å². The molecule has 1 atom stereocenters. The van der Waals surface area contributed by atoms with Gasteiger partial charge in [-0.1, -0.05) is 30.3 Å². The normalized spacial score (nSPS) is 18.1. The SMILES string of the molecule is CC1=C(C(=O)OCN2C(=O)c3ccccc3S2(=O)=O)C(c2ccccc2[N+](=O)[O-])C(C(=O)OC(C)C)=C(C)N1. The first-order valence-corrected chi connectivity index (χ1v) is 13.3. The maximum atomic E-state index is 13.5. The second-order valence-corrected chi connectivity index (χ2v) is 11.0. The summed E-state index contributed by atoms with van der Waals surface area (Å²) in [6.45, 7) is 5.40. The number of nitro benzene ring substituents is 1. The summed E-state index contributed by atoms with van der Waals surface area (Å²) >= 11 is 0. The largest absolute Gasteiger partial charge is 0.460 e. The van der Waals surface area contributed by atoms with Crippen LogP contribution in [0.25, 0.3) is 0 Å². The number of amides is 1. The van der Waals surface area contributed by atoms with E-state index < -0.39 is 51.5 Å². The quantitative estimate of drug-likeness (QED) is 0.305. The summed E-state index contributed by atoms with van der Waals surface area (Å²) in [6.07, 6.45) is -0.528. The average Bonchev–Trinajstić information content (AvgIpc) is 3.06. The predicted molar refractivity (Wildman–Crippen MR) is 136 cm³/mol. The number of carbonyl (C=O) groups excluding carboxylic acids is 3. The Kier molecular flexibility index (Phi) is 7.29. The van der Waals surface area contributed by atoms with Gasteiger partial charge in [-0.05, 0) is 39.8 Å². The summed E-state index contributed by atoms with van der Waals surface area (Å²) in [5.41, 5.74) is -0.0647. The number of sulfonamides is 1. The number of ether oxygens (including phenoxy) is 2. The smallest absolute Gasteiger partial charge is 0.338 e. The van der Waals surface area contributed by atoms with E-state index >= 15 is 0 Å². The van der Waals surface area contributed by atoms with Crippen LogP contribution >= 0.6 is 0 Å². The third-order valence-corrected chi connectivity index (χ3v) is 7.98. The molecule has 39 heavy (non-hydrogen) atoms. The molecule has 1 unspecified atom stereocenters. The Bertz CT molecular complexity index is 1570. The Morgan fingerprint density at radius 1 is 1.03 bits per heavy atom. The zero-order chi connectivity index (χ0) is 28.6. The van der Waals surface area contributed by atoms with Gasteiger partial charge < -0.3 is 14.8 Å². The number of hydrogen-bond donors (Lipinski definition) is 1. The number of fused-ring (bicyclic) bond motifs is 1. The van der Waals surface area contributed by atoms with Crippen molar-refractivity contribution in [2.75, 3.05) is 6.73 Å². The number of rotatable bonds is 7. The van der Waals surface area contributed by atoms with Crippen molar-refractivity contribution in [2.45, 2.75) is 44.6 Å². The van der Waals surface area contributed by atoms with Crippen LogP contribution in [0.15, 0.2) is 76.0 Å². The minimum atomic E-state index is -4.26. The van der Waals surface area contributed by atoms with Gasteiger partial charge >= 0.3 is 11.9 Å². The Morgan fingerprint density at radius 3 is 2.23 bits per heavy atom. The van der Waals surface area contributed by atoms with E-state index in [0.717, 1.165) is 0 Å². The van der Waals surface area contributed by atoms with Crippen molar-refractivity contribution >= 4 is 33.6 Å². The molecule has 2 aromatic carbocycles. The second kappa shape index (κ2) is 10.3. The lowest BCUT2D eigenvalue weighted by Gasteiger charge is -2.30. The molecule has 1 amide bonds. The molecule has 0 fully saturated rings. The van der Waals surface area contributed by atoms with E-state index in [1.54, 1.807) is 20.8 Å².